The van der Waals surface area contributed by atoms with Crippen molar-refractivity contribution in [2.45, 2.75) is 6.42 Å². The molecule has 0 saturated heterocycles. The van der Waals surface area contributed by atoms with Crippen molar-refractivity contribution in [1.82, 2.24) is 0 Å². The zero-order chi connectivity index (χ0) is 8.32. The van der Waals surface area contributed by atoms with Crippen molar-refractivity contribution in [1.29, 1.82) is 0 Å². The summed E-state index contributed by atoms with van der Waals surface area (Å²) in [7, 11) is -3.29. The Morgan fingerprint density at radius 2 is 2.17 bits per heavy atom. The van der Waals surface area contributed by atoms with Crippen LogP contribution in [0, 0.1) is 0 Å². The molecule has 0 aliphatic carbocycles. The first-order valence-electron chi connectivity index (χ1n) is 3.11. The van der Waals surface area contributed by atoms with Crippen molar-refractivity contribution in [2.75, 3.05) is 5.75 Å². The molecule has 0 radical (unpaired) electrons. The van der Waals surface area contributed by atoms with Crippen molar-refractivity contribution in [2.24, 2.45) is 5.14 Å². The van der Waals surface area contributed by atoms with E-state index in [2.05, 4.69) is 0 Å². The molecule has 0 amide bonds. The summed E-state index contributed by atoms with van der Waals surface area (Å²) >= 11 is 1.54. The number of hydrogen-bond acceptors (Lipinski definition) is 3. The van der Waals surface area contributed by atoms with Gasteiger partial charge in [0.15, 0.2) is 0 Å². The van der Waals surface area contributed by atoms with Crippen LogP contribution in [0.3, 0.4) is 0 Å². The van der Waals surface area contributed by atoms with Gasteiger partial charge in [-0.3, -0.25) is 0 Å². The van der Waals surface area contributed by atoms with Gasteiger partial charge in [0, 0.05) is 4.88 Å². The predicted molar refractivity (Wildman–Crippen MR) is 53.1 cm³/mol. The minimum atomic E-state index is -3.29. The molecular weight excluding hydrogens is 221 g/mol. The molecule has 0 fully saturated rings. The summed E-state index contributed by atoms with van der Waals surface area (Å²) < 4.78 is 21.0. The molecule has 1 aromatic heterocycles. The predicted octanol–water partition coefficient (Wildman–Crippen LogP) is -0.0694. The monoisotopic (exact) mass is 231 g/mol. The van der Waals surface area contributed by atoms with E-state index in [1.54, 1.807) is 11.3 Å². The van der Waals surface area contributed by atoms with Gasteiger partial charge in [-0.05, 0) is 17.9 Å². The Morgan fingerprint density at radius 1 is 1.50 bits per heavy atom. The van der Waals surface area contributed by atoms with Crippen LogP contribution >= 0.6 is 11.3 Å². The maximum absolute atomic E-state index is 10.5. The number of hydrogen-bond donors (Lipinski definition) is 1. The molecule has 1 heterocycles. The number of aryl methyl sites for hydroxylation is 1. The Kier molecular flexibility index (Phi) is 6.48. The molecule has 0 unspecified atom stereocenters. The van der Waals surface area contributed by atoms with E-state index in [1.165, 1.54) is 0 Å². The first-order chi connectivity index (χ1) is 5.08. The molecule has 2 N–H and O–H groups in total. The van der Waals surface area contributed by atoms with Crippen LogP contribution < -0.4 is 5.14 Å². The summed E-state index contributed by atoms with van der Waals surface area (Å²) in [6, 6.07) is 3.79. The molecule has 0 aliphatic rings. The fourth-order valence-electron chi connectivity index (χ4n) is 0.698. The van der Waals surface area contributed by atoms with Crippen LogP contribution in [0.2, 0.25) is 0 Å². The van der Waals surface area contributed by atoms with Crippen LogP contribution in [0.1, 0.15) is 4.88 Å². The minimum absolute atomic E-state index is 0. The zero-order valence-corrected chi connectivity index (χ0v) is 7.49. The Labute approximate surface area is 119 Å². The van der Waals surface area contributed by atoms with E-state index in [0.717, 1.165) is 4.88 Å². The molecule has 6 heteroatoms. The molecule has 1 aromatic rings. The van der Waals surface area contributed by atoms with Crippen molar-refractivity contribution >= 4 is 72.7 Å². The number of rotatable bonds is 3. The van der Waals surface area contributed by atoms with Crippen LogP contribution in [-0.4, -0.2) is 65.6 Å². The summed E-state index contributed by atoms with van der Waals surface area (Å²) in [6.07, 6.45) is 0.524. The van der Waals surface area contributed by atoms with Crippen molar-refractivity contribution in [3.8, 4) is 0 Å². The van der Waals surface area contributed by atoms with Crippen molar-refractivity contribution < 1.29 is 8.42 Å². The Morgan fingerprint density at radius 3 is 2.58 bits per heavy atom. The molecule has 12 heavy (non-hydrogen) atoms. The fourth-order valence-corrected chi connectivity index (χ4v) is 2.04. The van der Waals surface area contributed by atoms with E-state index < -0.39 is 10.0 Å². The number of nitrogens with two attached hydrogens (primary N) is 1. The third-order valence-corrected chi connectivity index (χ3v) is 2.92. The fraction of sp³-hybridized carbons (Fsp3) is 0.333. The number of primary sulfonamides is 1. The summed E-state index contributed by atoms with van der Waals surface area (Å²) in [5.41, 5.74) is 0. The van der Waals surface area contributed by atoms with Gasteiger partial charge >= 0.3 is 51.4 Å². The average Bonchev–Trinajstić information content (AvgIpc) is 2.32. The molecule has 64 valence electrons. The van der Waals surface area contributed by atoms with Crippen LogP contribution in [0.15, 0.2) is 17.5 Å². The van der Waals surface area contributed by atoms with Gasteiger partial charge in [-0.2, -0.15) is 0 Å². The standard InChI is InChI=1S/C6H9NO2S2.K.H/c7-11(8,9)5-3-6-2-1-4-10-6;;/h1-2,4H,3,5H2,(H2,7,8,9);;. The Balaban J connectivity index is 0.00000121. The van der Waals surface area contributed by atoms with E-state index in [1.807, 2.05) is 17.5 Å². The normalized spacial score (nSPS) is 10.8. The summed E-state index contributed by atoms with van der Waals surface area (Å²) in [4.78, 5) is 1.05. The topological polar surface area (TPSA) is 60.2 Å². The SMILES string of the molecule is NS(=O)(=O)CCc1cccs1.[KH]. The molecule has 0 atom stereocenters. The second-order valence-electron chi connectivity index (χ2n) is 2.20. The first-order valence-corrected chi connectivity index (χ1v) is 5.70. The van der Waals surface area contributed by atoms with Gasteiger partial charge < -0.3 is 0 Å². The Bertz CT molecular complexity index is 306. The van der Waals surface area contributed by atoms with E-state index in [4.69, 9.17) is 5.14 Å². The van der Waals surface area contributed by atoms with E-state index >= 15 is 0 Å². The third-order valence-electron chi connectivity index (χ3n) is 1.21. The molecule has 0 bridgehead atoms. The van der Waals surface area contributed by atoms with Gasteiger partial charge in [-0.25, -0.2) is 13.6 Å². The summed E-state index contributed by atoms with van der Waals surface area (Å²) in [5, 5.41) is 6.74. The summed E-state index contributed by atoms with van der Waals surface area (Å²) in [6.45, 7) is 0. The molecule has 0 aliphatic heterocycles. The van der Waals surface area contributed by atoms with Gasteiger partial charge in [-0.15, -0.1) is 11.3 Å². The number of thiophene rings is 1. The van der Waals surface area contributed by atoms with Gasteiger partial charge in [0.05, 0.1) is 5.75 Å². The van der Waals surface area contributed by atoms with Crippen LogP contribution in [0.25, 0.3) is 0 Å². The zero-order valence-electron chi connectivity index (χ0n) is 5.86. The van der Waals surface area contributed by atoms with Gasteiger partial charge in [-0.1, -0.05) is 6.07 Å². The Hall–Kier alpha value is 1.25. The van der Waals surface area contributed by atoms with Crippen molar-refractivity contribution in [3.63, 3.8) is 0 Å². The van der Waals surface area contributed by atoms with Gasteiger partial charge in [0.1, 0.15) is 0 Å². The van der Waals surface area contributed by atoms with Gasteiger partial charge in [0.2, 0.25) is 10.0 Å². The third kappa shape index (κ3) is 5.82. The molecule has 0 aromatic carbocycles. The van der Waals surface area contributed by atoms with Crippen LogP contribution in [0.4, 0.5) is 0 Å². The summed E-state index contributed by atoms with van der Waals surface area (Å²) in [5.74, 6) is 0.0352. The molecule has 3 nitrogen and oxygen atoms in total. The first kappa shape index (κ1) is 13.2. The maximum atomic E-state index is 10.5. The van der Waals surface area contributed by atoms with E-state index in [9.17, 15) is 8.42 Å². The van der Waals surface area contributed by atoms with E-state index in [0.29, 0.717) is 6.42 Å². The molecular formula is C6H10KNO2S2. The van der Waals surface area contributed by atoms with Crippen LogP contribution in [-0.2, 0) is 16.4 Å². The number of sulfonamides is 1. The molecule has 1 rings (SSSR count). The van der Waals surface area contributed by atoms with E-state index in [-0.39, 0.29) is 57.1 Å². The van der Waals surface area contributed by atoms with Crippen molar-refractivity contribution in [3.05, 3.63) is 22.4 Å². The second-order valence-corrected chi connectivity index (χ2v) is 4.96. The second kappa shape index (κ2) is 5.87. The molecule has 0 saturated carbocycles. The average molecular weight is 231 g/mol. The van der Waals surface area contributed by atoms with Crippen LogP contribution in [0.5, 0.6) is 0 Å². The molecule has 0 spiro atoms. The van der Waals surface area contributed by atoms with Gasteiger partial charge in [0.25, 0.3) is 0 Å². The quantitative estimate of drug-likeness (QED) is 0.740.